The predicted octanol–water partition coefficient (Wildman–Crippen LogP) is 3.65. The molecule has 1 heterocycles. The molecule has 3 heteroatoms. The van der Waals surface area contributed by atoms with Crippen LogP contribution in [-0.2, 0) is 0 Å². The zero-order valence-corrected chi connectivity index (χ0v) is 11.0. The van der Waals surface area contributed by atoms with Gasteiger partial charge in [0.25, 0.3) is 0 Å². The van der Waals surface area contributed by atoms with Gasteiger partial charge < -0.3 is 5.32 Å². The van der Waals surface area contributed by atoms with Gasteiger partial charge in [-0.3, -0.25) is 0 Å². The van der Waals surface area contributed by atoms with Crippen molar-refractivity contribution < 1.29 is 0 Å². The van der Waals surface area contributed by atoms with Crippen LogP contribution in [0.3, 0.4) is 0 Å². The van der Waals surface area contributed by atoms with Gasteiger partial charge in [-0.2, -0.15) is 0 Å². The van der Waals surface area contributed by atoms with Crippen molar-refractivity contribution in [2.24, 2.45) is 0 Å². The molecule has 0 fully saturated rings. The first-order chi connectivity index (χ1) is 9.29. The summed E-state index contributed by atoms with van der Waals surface area (Å²) in [7, 11) is 1.83. The van der Waals surface area contributed by atoms with Crippen LogP contribution in [0.5, 0.6) is 0 Å². The molecule has 3 nitrogen and oxygen atoms in total. The highest BCUT2D eigenvalue weighted by molar-refractivity contribution is 5.96. The van der Waals surface area contributed by atoms with Crippen molar-refractivity contribution >= 4 is 16.7 Å². The molecule has 3 rings (SSSR count). The molecule has 0 atom stereocenters. The standard InChI is InChI=1S/C16H15N3/c1-11-10-18-16(17-2)19-15(11)14-9-5-7-12-6-3-4-8-13(12)14/h3-10H,1-2H3,(H,17,18,19). The minimum absolute atomic E-state index is 0.647. The van der Waals surface area contributed by atoms with E-state index in [4.69, 9.17) is 0 Å². The molecule has 3 aromatic rings. The molecule has 0 aliphatic carbocycles. The Morgan fingerprint density at radius 3 is 2.63 bits per heavy atom. The fraction of sp³-hybridized carbons (Fsp3) is 0.125. The van der Waals surface area contributed by atoms with Crippen LogP contribution in [-0.4, -0.2) is 17.0 Å². The molecular formula is C16H15N3. The van der Waals surface area contributed by atoms with E-state index >= 15 is 0 Å². The van der Waals surface area contributed by atoms with Crippen LogP contribution in [0.2, 0.25) is 0 Å². The second kappa shape index (κ2) is 4.69. The first-order valence-corrected chi connectivity index (χ1v) is 6.29. The van der Waals surface area contributed by atoms with Crippen molar-refractivity contribution in [2.75, 3.05) is 12.4 Å². The lowest BCUT2D eigenvalue weighted by Crippen LogP contribution is -1.99. The highest BCUT2D eigenvalue weighted by atomic mass is 15.1. The Kier molecular flexibility index (Phi) is 2.88. The third-order valence-corrected chi connectivity index (χ3v) is 3.24. The lowest BCUT2D eigenvalue weighted by molar-refractivity contribution is 1.13. The van der Waals surface area contributed by atoms with E-state index in [9.17, 15) is 0 Å². The third-order valence-electron chi connectivity index (χ3n) is 3.24. The van der Waals surface area contributed by atoms with Crippen LogP contribution in [0.25, 0.3) is 22.0 Å². The molecule has 0 saturated heterocycles. The fourth-order valence-corrected chi connectivity index (χ4v) is 2.27. The average Bonchev–Trinajstić information content (AvgIpc) is 2.47. The van der Waals surface area contributed by atoms with Crippen LogP contribution >= 0.6 is 0 Å². The smallest absolute Gasteiger partial charge is 0.222 e. The third kappa shape index (κ3) is 2.03. The summed E-state index contributed by atoms with van der Waals surface area (Å²) < 4.78 is 0. The number of nitrogens with zero attached hydrogens (tertiary/aromatic N) is 2. The van der Waals surface area contributed by atoms with Crippen LogP contribution in [0.4, 0.5) is 5.95 Å². The van der Waals surface area contributed by atoms with Crippen molar-refractivity contribution in [3.8, 4) is 11.3 Å². The van der Waals surface area contributed by atoms with Gasteiger partial charge in [-0.1, -0.05) is 42.5 Å². The second-order valence-corrected chi connectivity index (χ2v) is 4.50. The Hall–Kier alpha value is -2.42. The van der Waals surface area contributed by atoms with E-state index < -0.39 is 0 Å². The van der Waals surface area contributed by atoms with Crippen LogP contribution in [0, 0.1) is 6.92 Å². The van der Waals surface area contributed by atoms with E-state index in [1.807, 2.05) is 20.2 Å². The summed E-state index contributed by atoms with van der Waals surface area (Å²) in [6.45, 7) is 2.04. The Morgan fingerprint density at radius 1 is 1.00 bits per heavy atom. The SMILES string of the molecule is CNc1ncc(C)c(-c2cccc3ccccc23)n1. The van der Waals surface area contributed by atoms with Crippen molar-refractivity contribution in [1.29, 1.82) is 0 Å². The van der Waals surface area contributed by atoms with Gasteiger partial charge in [-0.05, 0) is 23.3 Å². The normalized spacial score (nSPS) is 10.6. The molecule has 1 aromatic heterocycles. The summed E-state index contributed by atoms with van der Waals surface area (Å²) in [5.41, 5.74) is 3.21. The second-order valence-electron chi connectivity index (χ2n) is 4.50. The zero-order valence-electron chi connectivity index (χ0n) is 11.0. The molecule has 19 heavy (non-hydrogen) atoms. The highest BCUT2D eigenvalue weighted by Crippen LogP contribution is 2.29. The van der Waals surface area contributed by atoms with Crippen molar-refractivity contribution in [3.05, 3.63) is 54.2 Å². The van der Waals surface area contributed by atoms with E-state index in [0.29, 0.717) is 5.95 Å². The summed E-state index contributed by atoms with van der Waals surface area (Å²) >= 11 is 0. The maximum Gasteiger partial charge on any atom is 0.222 e. The monoisotopic (exact) mass is 249 g/mol. The van der Waals surface area contributed by atoms with Gasteiger partial charge in [0.1, 0.15) is 0 Å². The maximum atomic E-state index is 4.59. The maximum absolute atomic E-state index is 4.59. The van der Waals surface area contributed by atoms with Crippen molar-refractivity contribution in [3.63, 3.8) is 0 Å². The average molecular weight is 249 g/mol. The van der Waals surface area contributed by atoms with Gasteiger partial charge in [0, 0.05) is 18.8 Å². The number of nitrogens with one attached hydrogen (secondary N) is 1. The molecular weight excluding hydrogens is 234 g/mol. The van der Waals surface area contributed by atoms with Crippen LogP contribution in [0.15, 0.2) is 48.7 Å². The van der Waals surface area contributed by atoms with E-state index in [2.05, 4.69) is 57.7 Å². The minimum Gasteiger partial charge on any atom is -0.357 e. The lowest BCUT2D eigenvalue weighted by Gasteiger charge is -2.10. The Balaban J connectivity index is 2.30. The van der Waals surface area contributed by atoms with Gasteiger partial charge in [-0.15, -0.1) is 0 Å². The minimum atomic E-state index is 0.647. The molecule has 94 valence electrons. The quantitative estimate of drug-likeness (QED) is 0.753. The first kappa shape index (κ1) is 11.7. The van der Waals surface area contributed by atoms with Gasteiger partial charge in [0.05, 0.1) is 5.69 Å². The molecule has 1 N–H and O–H groups in total. The summed E-state index contributed by atoms with van der Waals surface area (Å²) in [5, 5.41) is 5.43. The highest BCUT2D eigenvalue weighted by Gasteiger charge is 2.09. The number of fused-ring (bicyclic) bond motifs is 1. The summed E-state index contributed by atoms with van der Waals surface area (Å²) in [5.74, 6) is 0.647. The predicted molar refractivity (Wildman–Crippen MR) is 79.3 cm³/mol. The van der Waals surface area contributed by atoms with E-state index in [1.54, 1.807) is 0 Å². The summed E-state index contributed by atoms with van der Waals surface area (Å²) in [6, 6.07) is 14.7. The van der Waals surface area contributed by atoms with E-state index in [1.165, 1.54) is 10.8 Å². The number of aryl methyl sites for hydroxylation is 1. The van der Waals surface area contributed by atoms with Crippen molar-refractivity contribution in [1.82, 2.24) is 9.97 Å². The molecule has 0 saturated carbocycles. The topological polar surface area (TPSA) is 37.8 Å². The largest absolute Gasteiger partial charge is 0.357 e. The van der Waals surface area contributed by atoms with E-state index in [0.717, 1.165) is 16.8 Å². The molecule has 0 amide bonds. The van der Waals surface area contributed by atoms with Crippen LogP contribution in [0.1, 0.15) is 5.56 Å². The number of aromatic nitrogens is 2. The molecule has 0 unspecified atom stereocenters. The van der Waals surface area contributed by atoms with Crippen LogP contribution < -0.4 is 5.32 Å². The Labute approximate surface area is 112 Å². The van der Waals surface area contributed by atoms with Gasteiger partial charge in [0.15, 0.2) is 0 Å². The number of benzene rings is 2. The molecule has 0 bridgehead atoms. The van der Waals surface area contributed by atoms with Crippen molar-refractivity contribution in [2.45, 2.75) is 6.92 Å². The lowest BCUT2D eigenvalue weighted by atomic mass is 10.00. The zero-order chi connectivity index (χ0) is 13.2. The molecule has 2 aromatic carbocycles. The first-order valence-electron chi connectivity index (χ1n) is 6.29. The van der Waals surface area contributed by atoms with E-state index in [-0.39, 0.29) is 0 Å². The summed E-state index contributed by atoms with van der Waals surface area (Å²) in [6.07, 6.45) is 1.86. The van der Waals surface area contributed by atoms with Gasteiger partial charge in [0.2, 0.25) is 5.95 Å². The number of anilines is 1. The Morgan fingerprint density at radius 2 is 1.79 bits per heavy atom. The number of hydrogen-bond donors (Lipinski definition) is 1. The van der Waals surface area contributed by atoms with Gasteiger partial charge >= 0.3 is 0 Å². The number of rotatable bonds is 2. The Bertz CT molecular complexity index is 730. The fourth-order valence-electron chi connectivity index (χ4n) is 2.27. The molecule has 0 radical (unpaired) electrons. The van der Waals surface area contributed by atoms with Gasteiger partial charge in [-0.25, -0.2) is 9.97 Å². The summed E-state index contributed by atoms with van der Waals surface area (Å²) in [4.78, 5) is 8.83. The molecule has 0 aliphatic rings. The molecule has 0 spiro atoms. The molecule has 0 aliphatic heterocycles. The number of hydrogen-bond acceptors (Lipinski definition) is 3.